The maximum Gasteiger partial charge on any atom is 0.410 e. The third-order valence-electron chi connectivity index (χ3n) is 6.58. The number of anilines is 1. The number of carbonyl (C=O) groups is 3. The fraction of sp³-hybridized carbons (Fsp3) is 0.448. The van der Waals surface area contributed by atoms with Gasteiger partial charge in [0.1, 0.15) is 24.1 Å². The largest absolute Gasteiger partial charge is 0.463 e. The van der Waals surface area contributed by atoms with E-state index >= 15 is 0 Å². The van der Waals surface area contributed by atoms with Crippen molar-refractivity contribution in [2.24, 2.45) is 5.92 Å². The Morgan fingerprint density at radius 2 is 1.95 bits per heavy atom. The maximum atomic E-state index is 13.3. The summed E-state index contributed by atoms with van der Waals surface area (Å²) in [7, 11) is 0. The highest BCUT2D eigenvalue weighted by Gasteiger charge is 2.39. The molecule has 2 aliphatic rings. The second-order valence-corrected chi connectivity index (χ2v) is 11.8. The van der Waals surface area contributed by atoms with Crippen LogP contribution in [0, 0.1) is 5.92 Å². The summed E-state index contributed by atoms with van der Waals surface area (Å²) in [5.74, 6) is -0.477. The summed E-state index contributed by atoms with van der Waals surface area (Å²) in [6.07, 6.45) is 3.31. The van der Waals surface area contributed by atoms with Crippen LogP contribution in [0.25, 0.3) is 5.57 Å². The van der Waals surface area contributed by atoms with Crippen LogP contribution in [0.2, 0.25) is 10.0 Å². The highest BCUT2D eigenvalue weighted by atomic mass is 35.5. The molecule has 1 saturated heterocycles. The Kier molecular flexibility index (Phi) is 9.65. The molecule has 1 aromatic heterocycles. The van der Waals surface area contributed by atoms with Gasteiger partial charge < -0.3 is 30.3 Å². The number of hydrogen-bond acceptors (Lipinski definition) is 8. The number of ether oxygens (including phenoxy) is 2. The van der Waals surface area contributed by atoms with Crippen LogP contribution < -0.4 is 16.0 Å². The van der Waals surface area contributed by atoms with Gasteiger partial charge in [0, 0.05) is 49.0 Å². The maximum absolute atomic E-state index is 13.3. The highest BCUT2D eigenvalue weighted by Crippen LogP contribution is 2.31. The third kappa shape index (κ3) is 8.04. The van der Waals surface area contributed by atoms with E-state index in [2.05, 4.69) is 20.9 Å². The van der Waals surface area contributed by atoms with Gasteiger partial charge in [0.25, 0.3) is 0 Å². The Balaban J connectivity index is 1.36. The molecule has 2 aliphatic heterocycles. The molecule has 0 spiro atoms. The Morgan fingerprint density at radius 3 is 2.63 bits per heavy atom. The number of aromatic nitrogens is 1. The number of likely N-dealkylation sites (tertiary alicyclic amines) is 1. The molecule has 2 unspecified atom stereocenters. The minimum absolute atomic E-state index is 0.0942. The zero-order valence-electron chi connectivity index (χ0n) is 23.5. The van der Waals surface area contributed by atoms with Gasteiger partial charge in [0.15, 0.2) is 0 Å². The zero-order chi connectivity index (χ0) is 29.7. The van der Waals surface area contributed by atoms with Gasteiger partial charge in [-0.15, -0.1) is 0 Å². The molecule has 2 atom stereocenters. The lowest BCUT2D eigenvalue weighted by Gasteiger charge is -2.38. The molecule has 0 radical (unpaired) electrons. The Labute approximate surface area is 249 Å². The van der Waals surface area contributed by atoms with Crippen LogP contribution in [0.5, 0.6) is 0 Å². The molecule has 0 saturated carbocycles. The molecule has 2 amide bonds. The molecular formula is C29H35Cl2N5O5. The summed E-state index contributed by atoms with van der Waals surface area (Å²) in [6, 6.07) is 7.69. The first-order valence-electron chi connectivity index (χ1n) is 13.5. The highest BCUT2D eigenvalue weighted by molar-refractivity contribution is 6.32. The molecule has 0 aliphatic carbocycles. The molecule has 10 nitrogen and oxygen atoms in total. The normalized spacial score (nSPS) is 17.6. The number of hydrogen-bond donors (Lipinski definition) is 3. The van der Waals surface area contributed by atoms with E-state index in [9.17, 15) is 14.4 Å². The monoisotopic (exact) mass is 603 g/mol. The van der Waals surface area contributed by atoms with Crippen molar-refractivity contribution in [3.8, 4) is 0 Å². The number of nitrogens with one attached hydrogen (secondary N) is 3. The number of pyridine rings is 1. The van der Waals surface area contributed by atoms with E-state index in [1.165, 1.54) is 4.90 Å². The van der Waals surface area contributed by atoms with Gasteiger partial charge in [-0.3, -0.25) is 9.59 Å². The van der Waals surface area contributed by atoms with Crippen molar-refractivity contribution < 1.29 is 23.9 Å². The lowest BCUT2D eigenvalue weighted by Crippen LogP contribution is -2.54. The fourth-order valence-electron chi connectivity index (χ4n) is 4.46. The Bertz CT molecular complexity index is 1320. The lowest BCUT2D eigenvalue weighted by molar-refractivity contribution is -0.155. The predicted octanol–water partition coefficient (Wildman–Crippen LogP) is 4.79. The lowest BCUT2D eigenvalue weighted by atomic mass is 10.0. The topological polar surface area (TPSA) is 122 Å². The first-order chi connectivity index (χ1) is 19.4. The quantitative estimate of drug-likeness (QED) is 0.350. The van der Waals surface area contributed by atoms with Crippen molar-refractivity contribution in [1.29, 1.82) is 0 Å². The molecule has 3 N–H and O–H groups in total. The number of esters is 1. The molecule has 220 valence electrons. The summed E-state index contributed by atoms with van der Waals surface area (Å²) in [5.41, 5.74) is 1.75. The van der Waals surface area contributed by atoms with Crippen molar-refractivity contribution in [2.45, 2.75) is 51.8 Å². The number of halogens is 2. The number of carbonyl (C=O) groups excluding carboxylic acids is 3. The minimum atomic E-state index is -0.636. The van der Waals surface area contributed by atoms with Gasteiger partial charge in [0.05, 0.1) is 17.0 Å². The predicted molar refractivity (Wildman–Crippen MR) is 158 cm³/mol. The molecule has 4 rings (SSSR count). The second-order valence-electron chi connectivity index (χ2n) is 11.0. The van der Waals surface area contributed by atoms with Gasteiger partial charge >= 0.3 is 12.1 Å². The smallest absolute Gasteiger partial charge is 0.410 e. The first-order valence-corrected chi connectivity index (χ1v) is 14.2. The first kappa shape index (κ1) is 30.5. The minimum Gasteiger partial charge on any atom is -0.463 e. The number of benzene rings is 1. The summed E-state index contributed by atoms with van der Waals surface area (Å²) in [4.78, 5) is 44.0. The van der Waals surface area contributed by atoms with Crippen LogP contribution in [0.15, 0.2) is 42.7 Å². The summed E-state index contributed by atoms with van der Waals surface area (Å²) < 4.78 is 10.9. The van der Waals surface area contributed by atoms with Gasteiger partial charge in [-0.05, 0) is 57.0 Å². The van der Waals surface area contributed by atoms with E-state index in [-0.39, 0.29) is 25.6 Å². The van der Waals surface area contributed by atoms with Gasteiger partial charge in [-0.25, -0.2) is 9.78 Å². The molecule has 3 heterocycles. The average Bonchev–Trinajstić information content (AvgIpc) is 3.36. The van der Waals surface area contributed by atoms with Gasteiger partial charge in [-0.2, -0.15) is 0 Å². The SMILES string of the molecule is CCNc1cc(C2=CNC(C(=O)NC(COC(=O)C3CN(C(=O)OC(C)(C)C)C3)c3cccc(Cl)c3)C2)c(Cl)cn1. The Hall–Kier alpha value is -3.50. The third-order valence-corrected chi connectivity index (χ3v) is 7.12. The van der Waals surface area contributed by atoms with Crippen LogP contribution in [0.1, 0.15) is 51.3 Å². The van der Waals surface area contributed by atoms with Crippen molar-refractivity contribution >= 4 is 52.6 Å². The molecule has 12 heteroatoms. The van der Waals surface area contributed by atoms with Crippen LogP contribution in [-0.2, 0) is 19.1 Å². The van der Waals surface area contributed by atoms with Crippen molar-refractivity contribution in [1.82, 2.24) is 20.5 Å². The van der Waals surface area contributed by atoms with Crippen LogP contribution >= 0.6 is 23.2 Å². The second kappa shape index (κ2) is 13.0. The van der Waals surface area contributed by atoms with Crippen LogP contribution in [-0.4, -0.2) is 65.7 Å². The molecule has 0 bridgehead atoms. The van der Waals surface area contributed by atoms with Crippen LogP contribution in [0.4, 0.5) is 10.6 Å². The summed E-state index contributed by atoms with van der Waals surface area (Å²) >= 11 is 12.6. The van der Waals surface area contributed by atoms with Gasteiger partial charge in [0.2, 0.25) is 5.91 Å². The molecule has 1 fully saturated rings. The van der Waals surface area contributed by atoms with Crippen LogP contribution in [0.3, 0.4) is 0 Å². The number of nitrogens with zero attached hydrogens (tertiary/aromatic N) is 2. The Morgan fingerprint density at radius 1 is 1.20 bits per heavy atom. The average molecular weight is 605 g/mol. The molecular weight excluding hydrogens is 569 g/mol. The number of rotatable bonds is 9. The van der Waals surface area contributed by atoms with Crippen molar-refractivity contribution in [3.05, 3.63) is 63.9 Å². The van der Waals surface area contributed by atoms with E-state index in [1.807, 2.05) is 19.1 Å². The number of amides is 2. The van der Waals surface area contributed by atoms with E-state index in [0.717, 1.165) is 11.1 Å². The molecule has 41 heavy (non-hydrogen) atoms. The summed E-state index contributed by atoms with van der Waals surface area (Å²) in [5, 5.41) is 10.3. The van der Waals surface area contributed by atoms with E-state index in [4.69, 9.17) is 32.7 Å². The molecule has 1 aromatic carbocycles. The van der Waals surface area contributed by atoms with E-state index < -0.39 is 35.7 Å². The van der Waals surface area contributed by atoms with E-state index in [1.54, 1.807) is 51.4 Å². The van der Waals surface area contributed by atoms with E-state index in [0.29, 0.717) is 34.4 Å². The standard InChI is InChI=1S/C29H35Cl2N5O5/c1-5-32-25-11-21(22(31)13-34-25)18-10-23(33-12-18)26(37)35-24(17-7-6-8-20(30)9-17)16-40-27(38)19-14-36(15-19)28(39)41-29(2,3)4/h6-9,11-13,19,23-24,33H,5,10,14-16H2,1-4H3,(H,32,34)(H,35,37). The molecule has 2 aromatic rings. The fourth-order valence-corrected chi connectivity index (χ4v) is 4.88. The van der Waals surface area contributed by atoms with Gasteiger partial charge in [-0.1, -0.05) is 35.3 Å². The van der Waals surface area contributed by atoms with Crippen molar-refractivity contribution in [3.63, 3.8) is 0 Å². The van der Waals surface area contributed by atoms with Crippen molar-refractivity contribution in [2.75, 3.05) is 31.6 Å². The zero-order valence-corrected chi connectivity index (χ0v) is 25.0. The summed E-state index contributed by atoms with van der Waals surface area (Å²) in [6.45, 7) is 8.39.